The molecule has 1 saturated carbocycles. The Bertz CT molecular complexity index is 239. The smallest absolute Gasteiger partial charge is 0.102 e. The predicted octanol–water partition coefficient (Wildman–Crippen LogP) is 1.06. The molecule has 0 bridgehead atoms. The lowest BCUT2D eigenvalue weighted by Crippen LogP contribution is -2.48. The lowest BCUT2D eigenvalue weighted by atomic mass is 9.75. The number of hydrogen-bond donors (Lipinski definition) is 2. The molecule has 0 unspecified atom stereocenters. The van der Waals surface area contributed by atoms with Gasteiger partial charge < -0.3 is 10.8 Å². The maximum atomic E-state index is 9.87. The third kappa shape index (κ3) is 1.09. The standard InChI is InChI=1S/C8H11NOS/c9-6-4-8(10,5-6)7-2-1-3-11-7/h1-3,6,10H,4-5,9H2. The summed E-state index contributed by atoms with van der Waals surface area (Å²) in [5.41, 5.74) is 5.02. The van der Waals surface area contributed by atoms with Crippen LogP contribution < -0.4 is 5.73 Å². The maximum Gasteiger partial charge on any atom is 0.102 e. The minimum atomic E-state index is -0.590. The Morgan fingerprint density at radius 3 is 2.82 bits per heavy atom. The number of aliphatic hydroxyl groups is 1. The summed E-state index contributed by atoms with van der Waals surface area (Å²) in [6.45, 7) is 0. The summed E-state index contributed by atoms with van der Waals surface area (Å²) < 4.78 is 0. The van der Waals surface area contributed by atoms with Crippen molar-refractivity contribution in [3.63, 3.8) is 0 Å². The first-order valence-electron chi connectivity index (χ1n) is 3.73. The first kappa shape index (κ1) is 7.28. The summed E-state index contributed by atoms with van der Waals surface area (Å²) >= 11 is 1.60. The summed E-state index contributed by atoms with van der Waals surface area (Å²) in [7, 11) is 0. The molecule has 0 atom stereocenters. The van der Waals surface area contributed by atoms with Crippen molar-refractivity contribution in [3.05, 3.63) is 22.4 Å². The van der Waals surface area contributed by atoms with Crippen molar-refractivity contribution in [1.82, 2.24) is 0 Å². The molecule has 0 spiro atoms. The molecule has 60 valence electrons. The largest absolute Gasteiger partial charge is 0.384 e. The van der Waals surface area contributed by atoms with Crippen LogP contribution in [0.15, 0.2) is 17.5 Å². The molecule has 0 aliphatic heterocycles. The van der Waals surface area contributed by atoms with Gasteiger partial charge in [-0.3, -0.25) is 0 Å². The van der Waals surface area contributed by atoms with Crippen LogP contribution in [0.4, 0.5) is 0 Å². The van der Waals surface area contributed by atoms with Crippen molar-refractivity contribution in [2.75, 3.05) is 0 Å². The Morgan fingerprint density at radius 2 is 2.36 bits per heavy atom. The van der Waals surface area contributed by atoms with Crippen molar-refractivity contribution in [2.45, 2.75) is 24.5 Å². The van der Waals surface area contributed by atoms with E-state index >= 15 is 0 Å². The van der Waals surface area contributed by atoms with Gasteiger partial charge in [0.1, 0.15) is 5.60 Å². The molecule has 1 fully saturated rings. The van der Waals surface area contributed by atoms with Crippen molar-refractivity contribution in [1.29, 1.82) is 0 Å². The second-order valence-corrected chi connectivity index (χ2v) is 4.12. The van der Waals surface area contributed by atoms with E-state index < -0.39 is 5.60 Å². The molecule has 3 heteroatoms. The van der Waals surface area contributed by atoms with E-state index in [0.717, 1.165) is 4.88 Å². The molecule has 0 amide bonds. The van der Waals surface area contributed by atoms with Crippen LogP contribution >= 0.6 is 11.3 Å². The summed E-state index contributed by atoms with van der Waals surface area (Å²) in [5.74, 6) is 0. The van der Waals surface area contributed by atoms with Gasteiger partial charge in [-0.1, -0.05) is 6.07 Å². The van der Waals surface area contributed by atoms with E-state index in [2.05, 4.69) is 0 Å². The zero-order valence-electron chi connectivity index (χ0n) is 6.16. The van der Waals surface area contributed by atoms with E-state index in [-0.39, 0.29) is 6.04 Å². The Morgan fingerprint density at radius 1 is 1.64 bits per heavy atom. The first-order valence-corrected chi connectivity index (χ1v) is 4.61. The van der Waals surface area contributed by atoms with Gasteiger partial charge in [0, 0.05) is 10.9 Å². The first-order chi connectivity index (χ1) is 5.21. The molecule has 2 rings (SSSR count). The summed E-state index contributed by atoms with van der Waals surface area (Å²) in [4.78, 5) is 1.05. The number of nitrogens with two attached hydrogens (primary N) is 1. The van der Waals surface area contributed by atoms with E-state index in [1.165, 1.54) is 0 Å². The predicted molar refractivity (Wildman–Crippen MR) is 45.4 cm³/mol. The molecular weight excluding hydrogens is 158 g/mol. The zero-order chi connectivity index (χ0) is 7.90. The van der Waals surface area contributed by atoms with Gasteiger partial charge in [-0.2, -0.15) is 0 Å². The highest BCUT2D eigenvalue weighted by atomic mass is 32.1. The van der Waals surface area contributed by atoms with Crippen LogP contribution in [0.1, 0.15) is 17.7 Å². The fourth-order valence-electron chi connectivity index (χ4n) is 1.55. The highest BCUT2D eigenvalue weighted by molar-refractivity contribution is 7.10. The average Bonchev–Trinajstić information content (AvgIpc) is 2.34. The monoisotopic (exact) mass is 169 g/mol. The molecule has 11 heavy (non-hydrogen) atoms. The Kier molecular flexibility index (Phi) is 1.52. The third-order valence-corrected chi connectivity index (χ3v) is 3.24. The molecule has 2 nitrogen and oxygen atoms in total. The molecule has 1 aromatic heterocycles. The minimum absolute atomic E-state index is 0.196. The van der Waals surface area contributed by atoms with E-state index in [4.69, 9.17) is 5.73 Å². The SMILES string of the molecule is NC1CC(O)(c2cccs2)C1. The Labute approximate surface area is 69.7 Å². The van der Waals surface area contributed by atoms with Crippen molar-refractivity contribution in [3.8, 4) is 0 Å². The molecule has 3 N–H and O–H groups in total. The second kappa shape index (κ2) is 2.30. The van der Waals surface area contributed by atoms with Crippen LogP contribution in [0.3, 0.4) is 0 Å². The Hall–Kier alpha value is -0.380. The van der Waals surface area contributed by atoms with Crippen LogP contribution in [0.2, 0.25) is 0 Å². The van der Waals surface area contributed by atoms with E-state index in [0.29, 0.717) is 12.8 Å². The summed E-state index contributed by atoms with van der Waals surface area (Å²) in [6.07, 6.45) is 1.43. The fraction of sp³-hybridized carbons (Fsp3) is 0.500. The number of rotatable bonds is 1. The van der Waals surface area contributed by atoms with Gasteiger partial charge in [0.15, 0.2) is 0 Å². The molecule has 1 heterocycles. The molecule has 1 aliphatic rings. The normalized spacial score (nSPS) is 36.7. The number of hydrogen-bond acceptors (Lipinski definition) is 3. The average molecular weight is 169 g/mol. The van der Waals surface area contributed by atoms with Crippen LogP contribution in [0.5, 0.6) is 0 Å². The molecular formula is C8H11NOS. The fourth-order valence-corrected chi connectivity index (χ4v) is 2.40. The summed E-state index contributed by atoms with van der Waals surface area (Å²) in [6, 6.07) is 4.13. The van der Waals surface area contributed by atoms with Gasteiger partial charge in [0.2, 0.25) is 0 Å². The third-order valence-electron chi connectivity index (χ3n) is 2.18. The highest BCUT2D eigenvalue weighted by Gasteiger charge is 2.42. The van der Waals surface area contributed by atoms with Gasteiger partial charge in [0.25, 0.3) is 0 Å². The van der Waals surface area contributed by atoms with Gasteiger partial charge in [-0.25, -0.2) is 0 Å². The number of thiophene rings is 1. The lowest BCUT2D eigenvalue weighted by molar-refractivity contribution is -0.0490. The van der Waals surface area contributed by atoms with Crippen LogP contribution in [-0.4, -0.2) is 11.1 Å². The molecule has 1 aromatic rings. The van der Waals surface area contributed by atoms with Gasteiger partial charge >= 0.3 is 0 Å². The molecule has 0 saturated heterocycles. The van der Waals surface area contributed by atoms with Crippen molar-refractivity contribution < 1.29 is 5.11 Å². The minimum Gasteiger partial charge on any atom is -0.384 e. The zero-order valence-corrected chi connectivity index (χ0v) is 6.97. The van der Waals surface area contributed by atoms with E-state index in [1.807, 2.05) is 17.5 Å². The molecule has 0 aromatic carbocycles. The second-order valence-electron chi connectivity index (χ2n) is 3.18. The maximum absolute atomic E-state index is 9.87. The summed E-state index contributed by atoms with van der Waals surface area (Å²) in [5, 5.41) is 11.9. The van der Waals surface area contributed by atoms with Gasteiger partial charge in [-0.05, 0) is 24.3 Å². The van der Waals surface area contributed by atoms with E-state index in [9.17, 15) is 5.11 Å². The highest BCUT2D eigenvalue weighted by Crippen LogP contribution is 2.42. The topological polar surface area (TPSA) is 46.2 Å². The van der Waals surface area contributed by atoms with Crippen LogP contribution in [0, 0.1) is 0 Å². The lowest BCUT2D eigenvalue weighted by Gasteiger charge is -2.40. The van der Waals surface area contributed by atoms with Crippen molar-refractivity contribution >= 4 is 11.3 Å². The van der Waals surface area contributed by atoms with Gasteiger partial charge in [-0.15, -0.1) is 11.3 Å². The van der Waals surface area contributed by atoms with Gasteiger partial charge in [0.05, 0.1) is 0 Å². The quantitative estimate of drug-likeness (QED) is 0.660. The van der Waals surface area contributed by atoms with E-state index in [1.54, 1.807) is 11.3 Å². The molecule has 0 radical (unpaired) electrons. The van der Waals surface area contributed by atoms with Crippen LogP contribution in [-0.2, 0) is 5.60 Å². The Balaban J connectivity index is 2.18. The van der Waals surface area contributed by atoms with Crippen molar-refractivity contribution in [2.24, 2.45) is 5.73 Å². The van der Waals surface area contributed by atoms with Crippen LogP contribution in [0.25, 0.3) is 0 Å². The molecule has 1 aliphatic carbocycles.